The smallest absolute Gasteiger partial charge is 0.127 e. The maximum absolute atomic E-state index is 9.30. The number of aliphatic hydroxyl groups excluding tert-OH is 1. The van der Waals surface area contributed by atoms with Gasteiger partial charge in [0.2, 0.25) is 0 Å². The fourth-order valence-corrected chi connectivity index (χ4v) is 1.83. The molecule has 2 rings (SSSR count). The summed E-state index contributed by atoms with van der Waals surface area (Å²) in [5, 5.41) is 21.8. The molecule has 0 fully saturated rings. The topological polar surface area (TPSA) is 61.7 Å². The number of phenolic OH excluding ortho intramolecular Hbond substituents is 1. The first-order valence-corrected chi connectivity index (χ1v) is 5.54. The van der Waals surface area contributed by atoms with Gasteiger partial charge in [0.25, 0.3) is 0 Å². The van der Waals surface area contributed by atoms with Crippen molar-refractivity contribution in [3.63, 3.8) is 0 Å². The maximum atomic E-state index is 9.30. The Kier molecular flexibility index (Phi) is 3.31. The van der Waals surface area contributed by atoms with E-state index in [1.54, 1.807) is 19.1 Å². The average molecular weight is 223 g/mol. The third kappa shape index (κ3) is 2.46. The molecule has 1 aliphatic heterocycles. The summed E-state index contributed by atoms with van der Waals surface area (Å²) in [5.74, 6) is 0.970. The SMILES string of the molecule is CC(O)CCNC1COc2cc(O)ccc21. The van der Waals surface area contributed by atoms with E-state index in [0.717, 1.165) is 24.3 Å². The highest BCUT2D eigenvalue weighted by Gasteiger charge is 2.23. The first kappa shape index (κ1) is 11.2. The van der Waals surface area contributed by atoms with E-state index >= 15 is 0 Å². The van der Waals surface area contributed by atoms with Crippen LogP contribution in [0.5, 0.6) is 11.5 Å². The Morgan fingerprint density at radius 2 is 2.38 bits per heavy atom. The summed E-state index contributed by atoms with van der Waals surface area (Å²) in [6.45, 7) is 3.11. The van der Waals surface area contributed by atoms with E-state index in [0.29, 0.717) is 6.61 Å². The molecule has 16 heavy (non-hydrogen) atoms. The van der Waals surface area contributed by atoms with Gasteiger partial charge in [0.15, 0.2) is 0 Å². The fraction of sp³-hybridized carbons (Fsp3) is 0.500. The second-order valence-corrected chi connectivity index (χ2v) is 4.18. The summed E-state index contributed by atoms with van der Waals surface area (Å²) in [7, 11) is 0. The molecule has 3 N–H and O–H groups in total. The quantitative estimate of drug-likeness (QED) is 0.717. The lowest BCUT2D eigenvalue weighted by Gasteiger charge is -2.12. The van der Waals surface area contributed by atoms with Crippen molar-refractivity contribution in [3.05, 3.63) is 23.8 Å². The summed E-state index contributed by atoms with van der Waals surface area (Å²) in [6, 6.07) is 5.33. The predicted molar refractivity (Wildman–Crippen MR) is 60.6 cm³/mol. The number of benzene rings is 1. The molecule has 0 bridgehead atoms. The minimum atomic E-state index is -0.283. The van der Waals surface area contributed by atoms with Gasteiger partial charge in [-0.25, -0.2) is 0 Å². The van der Waals surface area contributed by atoms with Crippen molar-refractivity contribution in [2.75, 3.05) is 13.2 Å². The molecule has 4 nitrogen and oxygen atoms in total. The first-order chi connectivity index (χ1) is 7.66. The van der Waals surface area contributed by atoms with Crippen LogP contribution in [0.4, 0.5) is 0 Å². The Morgan fingerprint density at radius 1 is 1.56 bits per heavy atom. The molecule has 2 atom stereocenters. The lowest BCUT2D eigenvalue weighted by molar-refractivity contribution is 0.181. The fourth-order valence-electron chi connectivity index (χ4n) is 1.83. The molecule has 88 valence electrons. The number of nitrogens with one attached hydrogen (secondary N) is 1. The van der Waals surface area contributed by atoms with E-state index in [1.165, 1.54) is 0 Å². The predicted octanol–water partition coefficient (Wildman–Crippen LogP) is 1.19. The van der Waals surface area contributed by atoms with Crippen LogP contribution < -0.4 is 10.1 Å². The third-order valence-electron chi connectivity index (χ3n) is 2.73. The second kappa shape index (κ2) is 4.72. The molecule has 0 spiro atoms. The van der Waals surface area contributed by atoms with E-state index in [9.17, 15) is 5.11 Å². The minimum Gasteiger partial charge on any atom is -0.508 e. The number of aliphatic hydroxyl groups is 1. The summed E-state index contributed by atoms with van der Waals surface area (Å²) < 4.78 is 5.46. The van der Waals surface area contributed by atoms with Crippen LogP contribution in [-0.4, -0.2) is 29.5 Å². The molecule has 1 aromatic carbocycles. The van der Waals surface area contributed by atoms with Gasteiger partial charge in [-0.2, -0.15) is 0 Å². The highest BCUT2D eigenvalue weighted by atomic mass is 16.5. The summed E-state index contributed by atoms with van der Waals surface area (Å²) >= 11 is 0. The molecule has 0 aromatic heterocycles. The molecule has 4 heteroatoms. The molecular weight excluding hydrogens is 206 g/mol. The van der Waals surface area contributed by atoms with Crippen LogP contribution in [0.15, 0.2) is 18.2 Å². The summed E-state index contributed by atoms with van der Waals surface area (Å²) in [6.07, 6.45) is 0.443. The Bertz CT molecular complexity index is 365. The molecule has 0 saturated carbocycles. The maximum Gasteiger partial charge on any atom is 0.127 e. The summed E-state index contributed by atoms with van der Waals surface area (Å²) in [5.41, 5.74) is 1.07. The van der Waals surface area contributed by atoms with Crippen molar-refractivity contribution < 1.29 is 14.9 Å². The van der Waals surface area contributed by atoms with Gasteiger partial charge in [0, 0.05) is 11.6 Å². The normalized spacial score (nSPS) is 20.2. The highest BCUT2D eigenvalue weighted by Crippen LogP contribution is 2.34. The van der Waals surface area contributed by atoms with Crippen molar-refractivity contribution in [2.45, 2.75) is 25.5 Å². The highest BCUT2D eigenvalue weighted by molar-refractivity contribution is 5.44. The second-order valence-electron chi connectivity index (χ2n) is 4.18. The zero-order valence-corrected chi connectivity index (χ0v) is 9.31. The Labute approximate surface area is 94.9 Å². The van der Waals surface area contributed by atoms with Gasteiger partial charge < -0.3 is 20.3 Å². The van der Waals surface area contributed by atoms with Crippen molar-refractivity contribution in [2.24, 2.45) is 0 Å². The molecule has 1 aliphatic rings. The van der Waals surface area contributed by atoms with E-state index in [1.807, 2.05) is 6.07 Å². The number of aromatic hydroxyl groups is 1. The van der Waals surface area contributed by atoms with Gasteiger partial charge in [0.1, 0.15) is 18.1 Å². The van der Waals surface area contributed by atoms with Crippen LogP contribution in [0.25, 0.3) is 0 Å². The molecular formula is C12H17NO3. The Morgan fingerprint density at radius 3 is 3.12 bits per heavy atom. The number of hydrogen-bond donors (Lipinski definition) is 3. The molecule has 1 heterocycles. The molecule has 0 saturated heterocycles. The Balaban J connectivity index is 1.95. The number of hydrogen-bond acceptors (Lipinski definition) is 4. The van der Waals surface area contributed by atoms with Crippen LogP contribution in [0, 0.1) is 0 Å². The zero-order chi connectivity index (χ0) is 11.5. The van der Waals surface area contributed by atoms with Gasteiger partial charge in [-0.05, 0) is 32.0 Å². The van der Waals surface area contributed by atoms with E-state index < -0.39 is 0 Å². The van der Waals surface area contributed by atoms with Crippen LogP contribution in [-0.2, 0) is 0 Å². The molecule has 2 unspecified atom stereocenters. The van der Waals surface area contributed by atoms with Gasteiger partial charge in [-0.3, -0.25) is 0 Å². The molecule has 1 aromatic rings. The Hall–Kier alpha value is -1.26. The van der Waals surface area contributed by atoms with Crippen molar-refractivity contribution in [1.82, 2.24) is 5.32 Å². The third-order valence-corrected chi connectivity index (χ3v) is 2.73. The number of rotatable bonds is 4. The van der Waals surface area contributed by atoms with E-state index in [4.69, 9.17) is 9.84 Å². The van der Waals surface area contributed by atoms with Gasteiger partial charge in [0.05, 0.1) is 12.1 Å². The monoisotopic (exact) mass is 223 g/mol. The van der Waals surface area contributed by atoms with Gasteiger partial charge >= 0.3 is 0 Å². The molecule has 0 aliphatic carbocycles. The van der Waals surface area contributed by atoms with E-state index in [-0.39, 0.29) is 17.9 Å². The van der Waals surface area contributed by atoms with E-state index in [2.05, 4.69) is 5.32 Å². The summed E-state index contributed by atoms with van der Waals surface area (Å²) in [4.78, 5) is 0. The van der Waals surface area contributed by atoms with Crippen molar-refractivity contribution in [1.29, 1.82) is 0 Å². The largest absolute Gasteiger partial charge is 0.508 e. The average Bonchev–Trinajstić information content (AvgIpc) is 2.60. The van der Waals surface area contributed by atoms with Crippen molar-refractivity contribution >= 4 is 0 Å². The first-order valence-electron chi connectivity index (χ1n) is 5.54. The number of phenols is 1. The molecule has 0 amide bonds. The van der Waals surface area contributed by atoms with Gasteiger partial charge in [-0.15, -0.1) is 0 Å². The zero-order valence-electron chi connectivity index (χ0n) is 9.31. The van der Waals surface area contributed by atoms with Crippen LogP contribution in [0.3, 0.4) is 0 Å². The van der Waals surface area contributed by atoms with Crippen LogP contribution in [0.2, 0.25) is 0 Å². The standard InChI is InChI=1S/C12H17NO3/c1-8(14)4-5-13-11-7-16-12-6-9(15)2-3-10(11)12/h2-3,6,8,11,13-15H,4-5,7H2,1H3. The molecule has 0 radical (unpaired) electrons. The van der Waals surface area contributed by atoms with Crippen LogP contribution >= 0.6 is 0 Å². The lowest BCUT2D eigenvalue weighted by atomic mass is 10.1. The van der Waals surface area contributed by atoms with Crippen molar-refractivity contribution in [3.8, 4) is 11.5 Å². The van der Waals surface area contributed by atoms with Gasteiger partial charge in [-0.1, -0.05) is 0 Å². The number of ether oxygens (including phenoxy) is 1. The number of fused-ring (bicyclic) bond motifs is 1. The lowest BCUT2D eigenvalue weighted by Crippen LogP contribution is -2.25. The minimum absolute atomic E-state index is 0.161. The van der Waals surface area contributed by atoms with Crippen LogP contribution in [0.1, 0.15) is 24.9 Å².